The SMILES string of the molecule is Cc1nc(N)cc(NCCC(C)O)n1. The summed E-state index contributed by atoms with van der Waals surface area (Å²) in [5.41, 5.74) is 5.55. The van der Waals surface area contributed by atoms with Crippen LogP contribution in [0, 0.1) is 6.92 Å². The molecule has 14 heavy (non-hydrogen) atoms. The van der Waals surface area contributed by atoms with E-state index in [4.69, 9.17) is 10.8 Å². The minimum Gasteiger partial charge on any atom is -0.393 e. The van der Waals surface area contributed by atoms with Gasteiger partial charge in [0.15, 0.2) is 0 Å². The van der Waals surface area contributed by atoms with Crippen LogP contribution < -0.4 is 11.1 Å². The molecule has 0 aliphatic carbocycles. The van der Waals surface area contributed by atoms with Gasteiger partial charge in [-0.2, -0.15) is 0 Å². The molecule has 1 rings (SSSR count). The normalized spacial score (nSPS) is 12.5. The van der Waals surface area contributed by atoms with E-state index in [0.29, 0.717) is 30.4 Å². The minimum atomic E-state index is -0.303. The number of nitrogens with zero attached hydrogens (tertiary/aromatic N) is 2. The van der Waals surface area contributed by atoms with Gasteiger partial charge in [-0.1, -0.05) is 0 Å². The highest BCUT2D eigenvalue weighted by Gasteiger charge is 1.99. The average molecular weight is 196 g/mol. The molecule has 1 atom stereocenters. The number of hydrogen-bond acceptors (Lipinski definition) is 5. The quantitative estimate of drug-likeness (QED) is 0.655. The van der Waals surface area contributed by atoms with Crippen LogP contribution in [0.25, 0.3) is 0 Å². The first-order chi connectivity index (χ1) is 6.58. The first-order valence-corrected chi connectivity index (χ1v) is 4.61. The molecule has 4 N–H and O–H groups in total. The highest BCUT2D eigenvalue weighted by molar-refractivity contribution is 5.44. The van der Waals surface area contributed by atoms with Gasteiger partial charge in [-0.05, 0) is 20.3 Å². The highest BCUT2D eigenvalue weighted by atomic mass is 16.3. The molecule has 1 heterocycles. The van der Waals surface area contributed by atoms with Gasteiger partial charge < -0.3 is 16.2 Å². The monoisotopic (exact) mass is 196 g/mol. The summed E-state index contributed by atoms with van der Waals surface area (Å²) in [6, 6.07) is 1.68. The Bertz CT molecular complexity index is 281. The molecule has 1 aromatic heterocycles. The summed E-state index contributed by atoms with van der Waals surface area (Å²) in [7, 11) is 0. The Morgan fingerprint density at radius 2 is 2.29 bits per heavy atom. The van der Waals surface area contributed by atoms with Crippen molar-refractivity contribution in [3.63, 3.8) is 0 Å². The van der Waals surface area contributed by atoms with E-state index in [1.165, 1.54) is 0 Å². The van der Waals surface area contributed by atoms with Gasteiger partial charge in [0.2, 0.25) is 0 Å². The zero-order valence-electron chi connectivity index (χ0n) is 8.49. The summed E-state index contributed by atoms with van der Waals surface area (Å²) >= 11 is 0. The van der Waals surface area contributed by atoms with Crippen LogP contribution in [0.3, 0.4) is 0 Å². The maximum Gasteiger partial charge on any atom is 0.131 e. The number of aryl methyl sites for hydroxylation is 1. The molecule has 0 saturated heterocycles. The molecule has 1 unspecified atom stereocenters. The second kappa shape index (κ2) is 4.76. The minimum absolute atomic E-state index is 0.303. The van der Waals surface area contributed by atoms with E-state index >= 15 is 0 Å². The van der Waals surface area contributed by atoms with Crippen molar-refractivity contribution < 1.29 is 5.11 Å². The van der Waals surface area contributed by atoms with Crippen molar-refractivity contribution >= 4 is 11.6 Å². The van der Waals surface area contributed by atoms with Crippen molar-refractivity contribution in [3.05, 3.63) is 11.9 Å². The Hall–Kier alpha value is -1.36. The van der Waals surface area contributed by atoms with Crippen LogP contribution in [-0.4, -0.2) is 27.7 Å². The fourth-order valence-electron chi connectivity index (χ4n) is 1.09. The predicted octanol–water partition coefficient (Wildman–Crippen LogP) is 0.550. The third-order valence-corrected chi connectivity index (χ3v) is 1.73. The molecule has 0 aromatic carbocycles. The third kappa shape index (κ3) is 3.57. The summed E-state index contributed by atoms with van der Waals surface area (Å²) in [5.74, 6) is 1.80. The molecule has 0 spiro atoms. The summed E-state index contributed by atoms with van der Waals surface area (Å²) in [5, 5.41) is 12.1. The van der Waals surface area contributed by atoms with Crippen LogP contribution in [0.5, 0.6) is 0 Å². The molecule has 0 bridgehead atoms. The third-order valence-electron chi connectivity index (χ3n) is 1.73. The maximum absolute atomic E-state index is 9.04. The van der Waals surface area contributed by atoms with Gasteiger partial charge in [-0.25, -0.2) is 9.97 Å². The molecular weight excluding hydrogens is 180 g/mol. The lowest BCUT2D eigenvalue weighted by molar-refractivity contribution is 0.188. The number of rotatable bonds is 4. The molecule has 78 valence electrons. The van der Waals surface area contributed by atoms with Crippen LogP contribution in [0.1, 0.15) is 19.2 Å². The van der Waals surface area contributed by atoms with Crippen molar-refractivity contribution in [2.45, 2.75) is 26.4 Å². The van der Waals surface area contributed by atoms with Crippen molar-refractivity contribution in [1.82, 2.24) is 9.97 Å². The van der Waals surface area contributed by atoms with Crippen molar-refractivity contribution in [2.24, 2.45) is 0 Å². The van der Waals surface area contributed by atoms with Gasteiger partial charge in [0.25, 0.3) is 0 Å². The lowest BCUT2D eigenvalue weighted by Gasteiger charge is -2.07. The lowest BCUT2D eigenvalue weighted by atomic mass is 10.3. The Morgan fingerprint density at radius 1 is 1.57 bits per heavy atom. The largest absolute Gasteiger partial charge is 0.393 e. The zero-order valence-corrected chi connectivity index (χ0v) is 8.49. The van der Waals surface area contributed by atoms with Gasteiger partial charge in [0.1, 0.15) is 17.5 Å². The molecular formula is C9H16N4O. The molecule has 0 amide bonds. The Balaban J connectivity index is 2.50. The highest BCUT2D eigenvalue weighted by Crippen LogP contribution is 2.07. The van der Waals surface area contributed by atoms with E-state index in [9.17, 15) is 0 Å². The number of hydrogen-bond donors (Lipinski definition) is 3. The summed E-state index contributed by atoms with van der Waals surface area (Å²) in [6.07, 6.45) is 0.381. The fraction of sp³-hybridized carbons (Fsp3) is 0.556. The molecule has 0 fully saturated rings. The van der Waals surface area contributed by atoms with E-state index in [2.05, 4.69) is 15.3 Å². The number of nitrogens with two attached hydrogens (primary N) is 1. The first-order valence-electron chi connectivity index (χ1n) is 4.61. The van der Waals surface area contributed by atoms with E-state index in [1.54, 1.807) is 19.9 Å². The summed E-state index contributed by atoms with van der Waals surface area (Å²) < 4.78 is 0. The van der Waals surface area contributed by atoms with Gasteiger partial charge in [0.05, 0.1) is 6.10 Å². The molecule has 5 heteroatoms. The average Bonchev–Trinajstić information content (AvgIpc) is 2.01. The maximum atomic E-state index is 9.04. The number of aromatic nitrogens is 2. The molecule has 1 aromatic rings. The Labute approximate surface area is 83.4 Å². The van der Waals surface area contributed by atoms with Gasteiger partial charge in [-0.15, -0.1) is 0 Å². The fourth-order valence-corrected chi connectivity index (χ4v) is 1.09. The smallest absolute Gasteiger partial charge is 0.131 e. The van der Waals surface area contributed by atoms with E-state index in [1.807, 2.05) is 0 Å². The van der Waals surface area contributed by atoms with Crippen LogP contribution in [0.4, 0.5) is 11.6 Å². The topological polar surface area (TPSA) is 84.1 Å². The number of anilines is 2. The molecule has 0 aliphatic rings. The lowest BCUT2D eigenvalue weighted by Crippen LogP contribution is -2.11. The van der Waals surface area contributed by atoms with Crippen LogP contribution in [0.2, 0.25) is 0 Å². The number of aliphatic hydroxyl groups excluding tert-OH is 1. The molecule has 0 aliphatic heterocycles. The van der Waals surface area contributed by atoms with Crippen molar-refractivity contribution in [2.75, 3.05) is 17.6 Å². The number of aliphatic hydroxyl groups is 1. The molecule has 0 saturated carbocycles. The predicted molar refractivity (Wildman–Crippen MR) is 56.0 cm³/mol. The summed E-state index contributed by atoms with van der Waals surface area (Å²) in [4.78, 5) is 8.10. The first kappa shape index (κ1) is 10.7. The van der Waals surface area contributed by atoms with Gasteiger partial charge >= 0.3 is 0 Å². The second-order valence-corrected chi connectivity index (χ2v) is 3.29. The van der Waals surface area contributed by atoms with Crippen molar-refractivity contribution in [3.8, 4) is 0 Å². The van der Waals surface area contributed by atoms with Crippen LogP contribution in [0.15, 0.2) is 6.07 Å². The van der Waals surface area contributed by atoms with E-state index in [0.717, 1.165) is 0 Å². The summed E-state index contributed by atoms with van der Waals surface area (Å²) in [6.45, 7) is 4.21. The van der Waals surface area contributed by atoms with Gasteiger partial charge in [0, 0.05) is 12.6 Å². The van der Waals surface area contributed by atoms with E-state index < -0.39 is 0 Å². The van der Waals surface area contributed by atoms with Gasteiger partial charge in [-0.3, -0.25) is 0 Å². The van der Waals surface area contributed by atoms with Crippen LogP contribution >= 0.6 is 0 Å². The van der Waals surface area contributed by atoms with Crippen molar-refractivity contribution in [1.29, 1.82) is 0 Å². The Morgan fingerprint density at radius 3 is 2.86 bits per heavy atom. The zero-order chi connectivity index (χ0) is 10.6. The Kier molecular flexibility index (Phi) is 3.64. The number of nitrogens with one attached hydrogen (secondary N) is 1. The molecule has 0 radical (unpaired) electrons. The second-order valence-electron chi connectivity index (χ2n) is 3.29. The van der Waals surface area contributed by atoms with Crippen LogP contribution in [-0.2, 0) is 0 Å². The standard InChI is InChI=1S/C9H16N4O/c1-6(14)3-4-11-9-5-8(10)12-7(2)13-9/h5-6,14H,3-4H2,1-2H3,(H3,10,11,12,13). The molecule has 5 nitrogen and oxygen atoms in total. The van der Waals surface area contributed by atoms with E-state index in [-0.39, 0.29) is 6.10 Å². The number of nitrogen functional groups attached to an aromatic ring is 1.